The van der Waals surface area contributed by atoms with Crippen molar-refractivity contribution in [1.82, 2.24) is 10.3 Å². The van der Waals surface area contributed by atoms with E-state index in [4.69, 9.17) is 22.1 Å². The van der Waals surface area contributed by atoms with Crippen molar-refractivity contribution in [3.05, 3.63) is 64.8 Å². The number of pyridine rings is 1. The number of aromatic nitrogens is 1. The van der Waals surface area contributed by atoms with Gasteiger partial charge >= 0.3 is 0 Å². The van der Waals surface area contributed by atoms with Crippen molar-refractivity contribution in [2.24, 2.45) is 5.73 Å². The Hall–Kier alpha value is -2.61. The lowest BCUT2D eigenvalue weighted by molar-refractivity contribution is 0.0845. The maximum atomic E-state index is 12.8. The second-order valence-electron chi connectivity index (χ2n) is 6.46. The number of carbonyl (C=O) groups is 1. The first-order chi connectivity index (χ1) is 13.5. The number of benzene rings is 1. The van der Waals surface area contributed by atoms with Gasteiger partial charge in [0.15, 0.2) is 0 Å². The Labute approximate surface area is 168 Å². The van der Waals surface area contributed by atoms with Gasteiger partial charge in [-0.25, -0.2) is 4.98 Å². The predicted molar refractivity (Wildman–Crippen MR) is 109 cm³/mol. The lowest BCUT2D eigenvalue weighted by atomic mass is 10.0. The number of fused-ring (bicyclic) bond motifs is 4. The van der Waals surface area contributed by atoms with Crippen LogP contribution in [0.3, 0.4) is 0 Å². The fourth-order valence-electron chi connectivity index (χ4n) is 2.89. The Morgan fingerprint density at radius 1 is 1.32 bits per heavy atom. The number of hydrogen-bond donors (Lipinski definition) is 4. The van der Waals surface area contributed by atoms with E-state index in [0.717, 1.165) is 5.56 Å². The van der Waals surface area contributed by atoms with Crippen LogP contribution in [0.4, 0.5) is 5.82 Å². The molecule has 0 unspecified atom stereocenters. The highest BCUT2D eigenvalue weighted by atomic mass is 35.5. The summed E-state index contributed by atoms with van der Waals surface area (Å²) in [6.07, 6.45) is 3.31. The average molecular weight is 403 g/mol. The van der Waals surface area contributed by atoms with Crippen molar-refractivity contribution < 1.29 is 14.6 Å². The van der Waals surface area contributed by atoms with Gasteiger partial charge in [-0.2, -0.15) is 0 Å². The monoisotopic (exact) mass is 402 g/mol. The number of anilines is 1. The highest BCUT2D eigenvalue weighted by molar-refractivity contribution is 6.29. The topological polar surface area (TPSA) is 110 Å². The fourth-order valence-corrected chi connectivity index (χ4v) is 3.10. The quantitative estimate of drug-likeness (QED) is 0.450. The van der Waals surface area contributed by atoms with Gasteiger partial charge in [-0.05, 0) is 42.3 Å². The van der Waals surface area contributed by atoms with Crippen molar-refractivity contribution in [2.45, 2.75) is 18.6 Å². The normalized spacial score (nSPS) is 19.7. The smallest absolute Gasteiger partial charge is 0.251 e. The third kappa shape index (κ3) is 5.45. The van der Waals surface area contributed by atoms with Gasteiger partial charge in [0.1, 0.15) is 23.3 Å². The summed E-state index contributed by atoms with van der Waals surface area (Å²) in [6, 6.07) is 10.1. The Morgan fingerprint density at radius 2 is 2.18 bits per heavy atom. The van der Waals surface area contributed by atoms with Gasteiger partial charge in [-0.1, -0.05) is 29.8 Å². The Bertz CT molecular complexity index is 859. The third-order valence-corrected chi connectivity index (χ3v) is 4.54. The van der Waals surface area contributed by atoms with Gasteiger partial charge in [0, 0.05) is 18.7 Å². The van der Waals surface area contributed by atoms with Crippen LogP contribution in [0.15, 0.2) is 48.6 Å². The highest BCUT2D eigenvalue weighted by Gasteiger charge is 2.22. The van der Waals surface area contributed by atoms with Gasteiger partial charge in [0.05, 0.1) is 12.1 Å². The maximum Gasteiger partial charge on any atom is 0.251 e. The summed E-state index contributed by atoms with van der Waals surface area (Å²) in [5.74, 6) is 0.838. The molecule has 0 spiro atoms. The molecule has 1 aliphatic heterocycles. The molecule has 8 heteroatoms. The van der Waals surface area contributed by atoms with Crippen molar-refractivity contribution in [3.63, 3.8) is 0 Å². The second kappa shape index (κ2) is 9.54. The summed E-state index contributed by atoms with van der Waals surface area (Å²) in [7, 11) is 0. The standard InChI is InChI=1S/C20H23ClN4O3/c21-18-10-14-11-19(25-18)23-6-1-2-7-28-15-5-3-4-13(8-15)9-16(17(26)12-22)24-20(14)27/h1-5,8,10-11,16-17,26H,6-7,9,12,22H2,(H,23,25)(H,24,27)/b2-1-/t16-,17+/m0/s1. The molecule has 2 heterocycles. The first-order valence-electron chi connectivity index (χ1n) is 9.02. The number of aliphatic hydroxyl groups is 1. The summed E-state index contributed by atoms with van der Waals surface area (Å²) in [5.41, 5.74) is 6.91. The maximum absolute atomic E-state index is 12.8. The number of rotatable bonds is 2. The number of carbonyl (C=O) groups excluding carboxylic acids is 1. The van der Waals surface area contributed by atoms with E-state index in [-0.39, 0.29) is 17.6 Å². The van der Waals surface area contributed by atoms with E-state index in [2.05, 4.69) is 15.6 Å². The predicted octanol–water partition coefficient (Wildman–Crippen LogP) is 1.76. The van der Waals surface area contributed by atoms with Crippen LogP contribution in [0.2, 0.25) is 5.15 Å². The van der Waals surface area contributed by atoms with Crippen LogP contribution in [0.5, 0.6) is 5.75 Å². The lowest BCUT2D eigenvalue weighted by Crippen LogP contribution is -2.47. The number of halogens is 1. The molecule has 0 saturated carbocycles. The SMILES string of the molecule is NC[C@@H](O)[C@@H]1Cc2cccc(c2)OC/C=C\CNc2cc(cc(Cl)n2)C(=O)N1. The zero-order chi connectivity index (χ0) is 19.9. The first-order valence-corrected chi connectivity index (χ1v) is 9.40. The number of aliphatic hydroxyl groups excluding tert-OH is 1. The molecule has 1 aromatic heterocycles. The molecule has 0 aliphatic carbocycles. The number of nitrogens with zero attached hydrogens (tertiary/aromatic N) is 1. The van der Waals surface area contributed by atoms with Crippen molar-refractivity contribution in [3.8, 4) is 5.75 Å². The molecule has 3 rings (SSSR count). The fraction of sp³-hybridized carbons (Fsp3) is 0.300. The molecule has 1 aromatic carbocycles. The number of amides is 1. The van der Waals surface area contributed by atoms with E-state index in [1.54, 1.807) is 6.07 Å². The molecule has 1 amide bonds. The Morgan fingerprint density at radius 3 is 3.00 bits per heavy atom. The van der Waals surface area contributed by atoms with E-state index >= 15 is 0 Å². The van der Waals surface area contributed by atoms with Crippen LogP contribution in [0, 0.1) is 0 Å². The van der Waals surface area contributed by atoms with Crippen molar-refractivity contribution in [2.75, 3.05) is 25.0 Å². The number of hydrogen-bond acceptors (Lipinski definition) is 6. The molecule has 0 radical (unpaired) electrons. The number of nitrogens with two attached hydrogens (primary N) is 1. The van der Waals surface area contributed by atoms with E-state index < -0.39 is 12.1 Å². The minimum Gasteiger partial charge on any atom is -0.490 e. The molecule has 2 aromatic rings. The Balaban J connectivity index is 1.93. The molecule has 0 saturated heterocycles. The van der Waals surface area contributed by atoms with Crippen LogP contribution in [-0.2, 0) is 6.42 Å². The number of nitrogens with one attached hydrogen (secondary N) is 2. The lowest BCUT2D eigenvalue weighted by Gasteiger charge is -2.24. The van der Waals surface area contributed by atoms with Gasteiger partial charge in [0.25, 0.3) is 5.91 Å². The molecule has 4 bridgehead atoms. The number of ether oxygens (including phenoxy) is 1. The average Bonchev–Trinajstić information content (AvgIpc) is 2.68. The van der Waals surface area contributed by atoms with Crippen molar-refractivity contribution >= 4 is 23.3 Å². The first kappa shape index (κ1) is 20.1. The van der Waals surface area contributed by atoms with Gasteiger partial charge in [-0.15, -0.1) is 0 Å². The summed E-state index contributed by atoms with van der Waals surface area (Å²) in [4.78, 5) is 16.9. The van der Waals surface area contributed by atoms with E-state index in [1.807, 2.05) is 36.4 Å². The van der Waals surface area contributed by atoms with Crippen molar-refractivity contribution in [1.29, 1.82) is 0 Å². The van der Waals surface area contributed by atoms with E-state index in [9.17, 15) is 9.90 Å². The molecular formula is C20H23ClN4O3. The van der Waals surface area contributed by atoms with E-state index in [0.29, 0.717) is 36.7 Å². The summed E-state index contributed by atoms with van der Waals surface area (Å²) in [6.45, 7) is 0.951. The second-order valence-corrected chi connectivity index (χ2v) is 6.85. The minimum absolute atomic E-state index is 0.0236. The third-order valence-electron chi connectivity index (χ3n) is 4.35. The van der Waals surface area contributed by atoms with Crippen LogP contribution in [0.1, 0.15) is 15.9 Å². The van der Waals surface area contributed by atoms with Crippen LogP contribution >= 0.6 is 11.6 Å². The van der Waals surface area contributed by atoms with Crippen LogP contribution in [0.25, 0.3) is 0 Å². The molecule has 5 N–H and O–H groups in total. The van der Waals surface area contributed by atoms with E-state index in [1.165, 1.54) is 6.07 Å². The van der Waals surface area contributed by atoms with Gasteiger partial charge in [-0.3, -0.25) is 4.79 Å². The van der Waals surface area contributed by atoms with Gasteiger partial charge in [0.2, 0.25) is 0 Å². The minimum atomic E-state index is -0.898. The molecular weight excluding hydrogens is 380 g/mol. The van der Waals surface area contributed by atoms with Crippen LogP contribution < -0.4 is 21.1 Å². The summed E-state index contributed by atoms with van der Waals surface area (Å²) in [5, 5.41) is 16.5. The van der Waals surface area contributed by atoms with Gasteiger partial charge < -0.3 is 26.2 Å². The zero-order valence-corrected chi connectivity index (χ0v) is 16.0. The largest absolute Gasteiger partial charge is 0.490 e. The molecule has 0 fully saturated rings. The highest BCUT2D eigenvalue weighted by Crippen LogP contribution is 2.18. The Kier molecular flexibility index (Phi) is 6.86. The summed E-state index contributed by atoms with van der Waals surface area (Å²) < 4.78 is 5.73. The summed E-state index contributed by atoms with van der Waals surface area (Å²) >= 11 is 6.06. The molecule has 28 heavy (non-hydrogen) atoms. The molecule has 1 aliphatic rings. The molecule has 148 valence electrons. The molecule has 7 nitrogen and oxygen atoms in total. The molecule has 2 atom stereocenters. The van der Waals surface area contributed by atoms with Crippen LogP contribution in [-0.4, -0.2) is 47.8 Å². The zero-order valence-electron chi connectivity index (χ0n) is 15.3.